The highest BCUT2D eigenvalue weighted by atomic mass is 16.7. The molecule has 0 amide bonds. The first kappa shape index (κ1) is 12.5. The molecule has 1 fully saturated rings. The van der Waals surface area contributed by atoms with E-state index in [2.05, 4.69) is 5.48 Å². The first-order chi connectivity index (χ1) is 7.29. The van der Waals surface area contributed by atoms with Gasteiger partial charge >= 0.3 is 5.97 Å². The minimum absolute atomic E-state index is 0.281. The Labute approximate surface area is 91.0 Å². The van der Waals surface area contributed by atoms with Gasteiger partial charge in [0.15, 0.2) is 0 Å². The standard InChI is InChI=1S/C11H21NO3/c13-11(14)8-2-1-5-9-12-15-10-6-3-4-7-10/h10,12H,1-9H2,(H,13,14). The minimum Gasteiger partial charge on any atom is -0.481 e. The zero-order valence-electron chi connectivity index (χ0n) is 9.21. The molecule has 2 N–H and O–H groups in total. The van der Waals surface area contributed by atoms with Gasteiger partial charge in [-0.25, -0.2) is 5.48 Å². The van der Waals surface area contributed by atoms with E-state index in [1.165, 1.54) is 25.7 Å². The third kappa shape index (κ3) is 6.47. The molecule has 15 heavy (non-hydrogen) atoms. The van der Waals surface area contributed by atoms with Crippen LogP contribution in [0.1, 0.15) is 51.4 Å². The van der Waals surface area contributed by atoms with Gasteiger partial charge in [0, 0.05) is 13.0 Å². The summed E-state index contributed by atoms with van der Waals surface area (Å²) in [6, 6.07) is 0. The largest absolute Gasteiger partial charge is 0.481 e. The molecule has 0 radical (unpaired) electrons. The van der Waals surface area contributed by atoms with Crippen LogP contribution >= 0.6 is 0 Å². The lowest BCUT2D eigenvalue weighted by Gasteiger charge is -2.11. The third-order valence-electron chi connectivity index (χ3n) is 2.72. The van der Waals surface area contributed by atoms with E-state index in [-0.39, 0.29) is 6.42 Å². The Morgan fingerprint density at radius 3 is 2.67 bits per heavy atom. The van der Waals surface area contributed by atoms with E-state index in [1.54, 1.807) is 0 Å². The summed E-state index contributed by atoms with van der Waals surface area (Å²) in [5.41, 5.74) is 2.97. The average molecular weight is 215 g/mol. The molecule has 0 aliphatic heterocycles. The lowest BCUT2D eigenvalue weighted by atomic mass is 10.2. The van der Waals surface area contributed by atoms with Crippen molar-refractivity contribution in [2.75, 3.05) is 6.54 Å². The van der Waals surface area contributed by atoms with Crippen LogP contribution in [-0.4, -0.2) is 23.7 Å². The lowest BCUT2D eigenvalue weighted by Crippen LogP contribution is -2.22. The number of hydrogen-bond acceptors (Lipinski definition) is 3. The fraction of sp³-hybridized carbons (Fsp3) is 0.909. The second-order valence-electron chi connectivity index (χ2n) is 4.12. The van der Waals surface area contributed by atoms with E-state index in [1.807, 2.05) is 0 Å². The summed E-state index contributed by atoms with van der Waals surface area (Å²) in [5.74, 6) is -0.704. The SMILES string of the molecule is O=C(O)CCCCCNOC1CCCC1. The van der Waals surface area contributed by atoms with Gasteiger partial charge in [-0.1, -0.05) is 19.3 Å². The van der Waals surface area contributed by atoms with E-state index in [0.717, 1.165) is 25.8 Å². The van der Waals surface area contributed by atoms with Crippen LogP contribution in [0.4, 0.5) is 0 Å². The van der Waals surface area contributed by atoms with E-state index in [4.69, 9.17) is 9.94 Å². The molecule has 4 heteroatoms. The molecule has 1 aliphatic carbocycles. The van der Waals surface area contributed by atoms with Crippen LogP contribution < -0.4 is 5.48 Å². The van der Waals surface area contributed by atoms with Gasteiger partial charge in [0.2, 0.25) is 0 Å². The van der Waals surface area contributed by atoms with Crippen molar-refractivity contribution in [1.82, 2.24) is 5.48 Å². The Morgan fingerprint density at radius 2 is 2.00 bits per heavy atom. The zero-order valence-corrected chi connectivity index (χ0v) is 9.21. The van der Waals surface area contributed by atoms with Crippen LogP contribution in [0, 0.1) is 0 Å². The fourth-order valence-corrected chi connectivity index (χ4v) is 1.83. The zero-order chi connectivity index (χ0) is 10.9. The van der Waals surface area contributed by atoms with E-state index < -0.39 is 5.97 Å². The first-order valence-electron chi connectivity index (χ1n) is 5.89. The highest BCUT2D eigenvalue weighted by molar-refractivity contribution is 5.66. The topological polar surface area (TPSA) is 58.6 Å². The number of hydrogen-bond donors (Lipinski definition) is 2. The summed E-state index contributed by atoms with van der Waals surface area (Å²) >= 11 is 0. The highest BCUT2D eigenvalue weighted by Gasteiger charge is 2.14. The van der Waals surface area contributed by atoms with Crippen molar-refractivity contribution in [2.45, 2.75) is 57.5 Å². The van der Waals surface area contributed by atoms with Gasteiger partial charge in [0.25, 0.3) is 0 Å². The van der Waals surface area contributed by atoms with Gasteiger partial charge in [0.1, 0.15) is 0 Å². The second kappa shape index (κ2) is 7.65. The van der Waals surface area contributed by atoms with Gasteiger partial charge < -0.3 is 5.11 Å². The van der Waals surface area contributed by atoms with Crippen molar-refractivity contribution in [2.24, 2.45) is 0 Å². The van der Waals surface area contributed by atoms with Gasteiger partial charge in [-0.05, 0) is 25.7 Å². The van der Waals surface area contributed by atoms with Crippen molar-refractivity contribution in [3.05, 3.63) is 0 Å². The summed E-state index contributed by atoms with van der Waals surface area (Å²) in [7, 11) is 0. The number of carboxylic acids is 1. The molecule has 0 aromatic rings. The Kier molecular flexibility index (Phi) is 6.36. The molecule has 0 aromatic heterocycles. The predicted octanol–water partition coefficient (Wildman–Crippen LogP) is 2.10. The maximum atomic E-state index is 10.2. The summed E-state index contributed by atoms with van der Waals surface area (Å²) < 4.78 is 0. The summed E-state index contributed by atoms with van der Waals surface area (Å²) in [6.07, 6.45) is 8.30. The van der Waals surface area contributed by atoms with Crippen LogP contribution in [0.5, 0.6) is 0 Å². The minimum atomic E-state index is -0.704. The molecule has 1 saturated carbocycles. The molecule has 0 unspecified atom stereocenters. The molecule has 0 spiro atoms. The number of nitrogens with one attached hydrogen (secondary N) is 1. The molecular formula is C11H21NO3. The average Bonchev–Trinajstić information content (AvgIpc) is 2.68. The summed E-state index contributed by atoms with van der Waals surface area (Å²) in [6.45, 7) is 0.829. The second-order valence-corrected chi connectivity index (χ2v) is 4.12. The fourth-order valence-electron chi connectivity index (χ4n) is 1.83. The molecule has 1 rings (SSSR count). The van der Waals surface area contributed by atoms with Crippen LogP contribution in [0.25, 0.3) is 0 Å². The number of carbonyl (C=O) groups is 1. The Morgan fingerprint density at radius 1 is 1.27 bits per heavy atom. The highest BCUT2D eigenvalue weighted by Crippen LogP contribution is 2.19. The van der Waals surface area contributed by atoms with Gasteiger partial charge in [0.05, 0.1) is 6.10 Å². The van der Waals surface area contributed by atoms with Crippen molar-refractivity contribution in [3.8, 4) is 0 Å². The van der Waals surface area contributed by atoms with E-state index in [0.29, 0.717) is 6.10 Å². The molecule has 0 saturated heterocycles. The van der Waals surface area contributed by atoms with Crippen LogP contribution in [0.3, 0.4) is 0 Å². The van der Waals surface area contributed by atoms with Crippen LogP contribution in [-0.2, 0) is 9.63 Å². The monoisotopic (exact) mass is 215 g/mol. The first-order valence-corrected chi connectivity index (χ1v) is 5.89. The molecule has 0 atom stereocenters. The van der Waals surface area contributed by atoms with Crippen LogP contribution in [0.2, 0.25) is 0 Å². The number of rotatable bonds is 8. The van der Waals surface area contributed by atoms with Crippen molar-refractivity contribution in [3.63, 3.8) is 0 Å². The Bertz CT molecular complexity index is 179. The van der Waals surface area contributed by atoms with E-state index in [9.17, 15) is 4.79 Å². The van der Waals surface area contributed by atoms with E-state index >= 15 is 0 Å². The lowest BCUT2D eigenvalue weighted by molar-refractivity contribution is -0.137. The number of carboxylic acid groups (broad SMARTS) is 1. The maximum Gasteiger partial charge on any atom is 0.303 e. The molecule has 1 aliphatic rings. The smallest absolute Gasteiger partial charge is 0.303 e. The van der Waals surface area contributed by atoms with Crippen molar-refractivity contribution < 1.29 is 14.7 Å². The van der Waals surface area contributed by atoms with Crippen LogP contribution in [0.15, 0.2) is 0 Å². The quantitative estimate of drug-likeness (QED) is 0.481. The van der Waals surface area contributed by atoms with Crippen molar-refractivity contribution in [1.29, 1.82) is 0 Å². The predicted molar refractivity (Wildman–Crippen MR) is 57.4 cm³/mol. The normalized spacial score (nSPS) is 17.1. The summed E-state index contributed by atoms with van der Waals surface area (Å²) in [5, 5.41) is 8.42. The Hall–Kier alpha value is -0.610. The number of aliphatic carboxylic acids is 1. The molecule has 0 aromatic carbocycles. The number of unbranched alkanes of at least 4 members (excludes halogenated alkanes) is 2. The summed E-state index contributed by atoms with van der Waals surface area (Å²) in [4.78, 5) is 15.7. The molecular weight excluding hydrogens is 194 g/mol. The van der Waals surface area contributed by atoms with Gasteiger partial charge in [-0.3, -0.25) is 9.63 Å². The van der Waals surface area contributed by atoms with Gasteiger partial charge in [-0.2, -0.15) is 0 Å². The number of hydroxylamine groups is 1. The molecule has 0 heterocycles. The third-order valence-corrected chi connectivity index (χ3v) is 2.72. The van der Waals surface area contributed by atoms with Gasteiger partial charge in [-0.15, -0.1) is 0 Å². The maximum absolute atomic E-state index is 10.2. The molecule has 0 bridgehead atoms. The molecule has 4 nitrogen and oxygen atoms in total. The Balaban J connectivity index is 1.78. The van der Waals surface area contributed by atoms with Crippen molar-refractivity contribution >= 4 is 5.97 Å². The molecule has 88 valence electrons.